The van der Waals surface area contributed by atoms with Gasteiger partial charge >= 0.3 is 5.97 Å². The van der Waals surface area contributed by atoms with Gasteiger partial charge in [-0.3, -0.25) is 9.59 Å². The Morgan fingerprint density at radius 2 is 2.04 bits per heavy atom. The number of hydrogen-bond acceptors (Lipinski definition) is 5. The molecule has 1 N–H and O–H groups in total. The van der Waals surface area contributed by atoms with Crippen molar-refractivity contribution in [3.8, 4) is 0 Å². The summed E-state index contributed by atoms with van der Waals surface area (Å²) in [6.45, 7) is 1.92. The van der Waals surface area contributed by atoms with Crippen molar-refractivity contribution >= 4 is 43.1 Å². The second kappa shape index (κ2) is 5.28. The zero-order valence-corrected chi connectivity index (χ0v) is 15.2. The molecular formula is C17H17NO5S2. The minimum Gasteiger partial charge on any atom is -0.481 e. The molecule has 4 rings (SSSR count). The molecule has 25 heavy (non-hydrogen) atoms. The van der Waals surface area contributed by atoms with Crippen LogP contribution >= 0.6 is 11.3 Å². The Bertz CT molecular complexity index is 1000. The van der Waals surface area contributed by atoms with Crippen molar-refractivity contribution in [2.24, 2.45) is 5.92 Å². The fraction of sp³-hybridized carbons (Fsp3) is 0.412. The first-order chi connectivity index (χ1) is 11.7. The van der Waals surface area contributed by atoms with Gasteiger partial charge in [-0.05, 0) is 25.0 Å². The Labute approximate surface area is 149 Å². The lowest BCUT2D eigenvalue weighted by Gasteiger charge is -2.48. The molecule has 2 aromatic rings. The van der Waals surface area contributed by atoms with Gasteiger partial charge in [-0.1, -0.05) is 12.1 Å². The number of aliphatic carboxylic acids is 1. The second-order valence-electron chi connectivity index (χ2n) is 6.87. The van der Waals surface area contributed by atoms with Crippen LogP contribution in [-0.2, 0) is 14.6 Å². The lowest BCUT2D eigenvalue weighted by Crippen LogP contribution is -2.69. The first-order valence-electron chi connectivity index (χ1n) is 7.97. The first-order valence-corrected chi connectivity index (χ1v) is 10.5. The van der Waals surface area contributed by atoms with Crippen LogP contribution in [0.25, 0.3) is 10.1 Å². The molecule has 132 valence electrons. The highest BCUT2D eigenvalue weighted by Gasteiger charge is 2.65. The maximum absolute atomic E-state index is 12.8. The summed E-state index contributed by atoms with van der Waals surface area (Å²) in [5.41, 5.74) is 1.66. The molecule has 0 aliphatic carbocycles. The second-order valence-corrected chi connectivity index (χ2v) is 10.2. The van der Waals surface area contributed by atoms with Crippen molar-refractivity contribution in [3.63, 3.8) is 0 Å². The SMILES string of the molecule is Cc1ccc2c(C(=O)N3CC4(C3)C(C(=O)O)CCS4(=O)=O)csc2c1. The molecule has 1 atom stereocenters. The van der Waals surface area contributed by atoms with E-state index in [2.05, 4.69) is 0 Å². The number of aryl methyl sites for hydroxylation is 1. The highest BCUT2D eigenvalue weighted by Crippen LogP contribution is 2.45. The molecule has 0 saturated carbocycles. The molecule has 0 bridgehead atoms. The van der Waals surface area contributed by atoms with Crippen LogP contribution in [0.5, 0.6) is 0 Å². The third kappa shape index (κ3) is 2.23. The fourth-order valence-electron chi connectivity index (χ4n) is 3.94. The normalized spacial score (nSPS) is 23.7. The van der Waals surface area contributed by atoms with Gasteiger partial charge in [-0.2, -0.15) is 0 Å². The van der Waals surface area contributed by atoms with Crippen molar-refractivity contribution in [1.29, 1.82) is 0 Å². The number of benzene rings is 1. The number of carbonyl (C=O) groups is 2. The molecule has 1 unspecified atom stereocenters. The van der Waals surface area contributed by atoms with Gasteiger partial charge in [-0.15, -0.1) is 11.3 Å². The van der Waals surface area contributed by atoms with E-state index in [0.29, 0.717) is 5.56 Å². The summed E-state index contributed by atoms with van der Waals surface area (Å²) in [5.74, 6) is -2.37. The molecule has 2 aliphatic rings. The zero-order valence-electron chi connectivity index (χ0n) is 13.6. The van der Waals surface area contributed by atoms with Crippen LogP contribution in [0.2, 0.25) is 0 Å². The molecule has 1 aromatic carbocycles. The Morgan fingerprint density at radius 3 is 2.72 bits per heavy atom. The summed E-state index contributed by atoms with van der Waals surface area (Å²) in [7, 11) is -3.50. The van der Waals surface area contributed by atoms with E-state index in [1.165, 1.54) is 16.2 Å². The lowest BCUT2D eigenvalue weighted by atomic mass is 9.83. The largest absolute Gasteiger partial charge is 0.481 e. The minimum atomic E-state index is -3.50. The minimum absolute atomic E-state index is 0.0334. The smallest absolute Gasteiger partial charge is 0.308 e. The van der Waals surface area contributed by atoms with Crippen LogP contribution in [0.1, 0.15) is 22.3 Å². The summed E-state index contributed by atoms with van der Waals surface area (Å²) in [6, 6.07) is 5.85. The highest BCUT2D eigenvalue weighted by atomic mass is 32.2. The van der Waals surface area contributed by atoms with Crippen molar-refractivity contribution in [3.05, 3.63) is 34.7 Å². The average molecular weight is 379 g/mol. The van der Waals surface area contributed by atoms with Gasteiger partial charge < -0.3 is 10.0 Å². The van der Waals surface area contributed by atoms with Crippen molar-refractivity contribution in [2.75, 3.05) is 18.8 Å². The quantitative estimate of drug-likeness (QED) is 0.861. The summed E-state index contributed by atoms with van der Waals surface area (Å²) >= 11 is 1.48. The van der Waals surface area contributed by atoms with Crippen LogP contribution in [0.3, 0.4) is 0 Å². The number of likely N-dealkylation sites (tertiary alicyclic amines) is 1. The van der Waals surface area contributed by atoms with E-state index in [9.17, 15) is 23.1 Å². The first kappa shape index (κ1) is 16.5. The molecule has 1 amide bonds. The van der Waals surface area contributed by atoms with Crippen LogP contribution < -0.4 is 0 Å². The average Bonchev–Trinajstić information content (AvgIpc) is 3.02. The summed E-state index contributed by atoms with van der Waals surface area (Å²) in [4.78, 5) is 25.7. The van der Waals surface area contributed by atoms with Crippen molar-refractivity contribution in [1.82, 2.24) is 4.90 Å². The molecular weight excluding hydrogens is 362 g/mol. The predicted molar refractivity (Wildman–Crippen MR) is 94.7 cm³/mol. The van der Waals surface area contributed by atoms with Crippen LogP contribution in [0, 0.1) is 12.8 Å². The summed E-state index contributed by atoms with van der Waals surface area (Å²) in [6.07, 6.45) is 0.125. The molecule has 0 radical (unpaired) electrons. The van der Waals surface area contributed by atoms with E-state index in [1.54, 1.807) is 5.38 Å². The predicted octanol–water partition coefficient (Wildman–Crippen LogP) is 1.92. The van der Waals surface area contributed by atoms with Gasteiger partial charge in [0.15, 0.2) is 9.84 Å². The number of carbonyl (C=O) groups excluding carboxylic acids is 1. The Morgan fingerprint density at radius 1 is 1.32 bits per heavy atom. The molecule has 1 spiro atoms. The van der Waals surface area contributed by atoms with Gasteiger partial charge in [0.05, 0.1) is 17.2 Å². The number of hydrogen-bond donors (Lipinski definition) is 1. The summed E-state index contributed by atoms with van der Waals surface area (Å²) < 4.78 is 24.5. The number of carboxylic acids is 1. The molecule has 1 aromatic heterocycles. The zero-order chi connectivity index (χ0) is 18.0. The Kier molecular flexibility index (Phi) is 3.49. The van der Waals surface area contributed by atoms with E-state index in [4.69, 9.17) is 0 Å². The molecule has 2 fully saturated rings. The van der Waals surface area contributed by atoms with E-state index in [-0.39, 0.29) is 31.2 Å². The molecule has 3 heterocycles. The molecule has 6 nitrogen and oxygen atoms in total. The fourth-order valence-corrected chi connectivity index (χ4v) is 7.28. The van der Waals surface area contributed by atoms with Gasteiger partial charge in [0.2, 0.25) is 0 Å². The van der Waals surface area contributed by atoms with Gasteiger partial charge in [0.1, 0.15) is 4.75 Å². The maximum Gasteiger partial charge on any atom is 0.308 e. The lowest BCUT2D eigenvalue weighted by molar-refractivity contribution is -0.144. The number of amides is 1. The van der Waals surface area contributed by atoms with Crippen LogP contribution in [-0.4, -0.2) is 53.9 Å². The number of rotatable bonds is 2. The third-order valence-corrected chi connectivity index (χ3v) is 8.89. The van der Waals surface area contributed by atoms with Crippen LogP contribution in [0.4, 0.5) is 0 Å². The number of thiophene rings is 1. The monoisotopic (exact) mass is 379 g/mol. The highest BCUT2D eigenvalue weighted by molar-refractivity contribution is 7.93. The van der Waals surface area contributed by atoms with Crippen LogP contribution in [0.15, 0.2) is 23.6 Å². The Hall–Kier alpha value is -1.93. The van der Waals surface area contributed by atoms with Gasteiger partial charge in [-0.25, -0.2) is 8.42 Å². The number of fused-ring (bicyclic) bond motifs is 1. The Balaban J connectivity index is 1.63. The van der Waals surface area contributed by atoms with E-state index < -0.39 is 26.5 Å². The third-order valence-electron chi connectivity index (χ3n) is 5.39. The van der Waals surface area contributed by atoms with E-state index in [0.717, 1.165) is 15.6 Å². The summed E-state index contributed by atoms with van der Waals surface area (Å²) in [5, 5.41) is 12.0. The topological polar surface area (TPSA) is 91.8 Å². The standard InChI is InChI=1S/C17H17NO5S2/c1-10-2-3-11-12(7-24-14(11)6-10)15(19)18-8-17(9-18)13(16(20)21)4-5-25(17,22)23/h2-3,6-7,13H,4-5,8-9H2,1H3,(H,20,21). The molecule has 8 heteroatoms. The van der Waals surface area contributed by atoms with Gasteiger partial charge in [0, 0.05) is 28.6 Å². The molecule has 2 aliphatic heterocycles. The van der Waals surface area contributed by atoms with Gasteiger partial charge in [0.25, 0.3) is 5.91 Å². The molecule has 2 saturated heterocycles. The van der Waals surface area contributed by atoms with Crippen molar-refractivity contribution < 1.29 is 23.1 Å². The van der Waals surface area contributed by atoms with E-state index in [1.807, 2.05) is 25.1 Å². The maximum atomic E-state index is 12.8. The number of sulfone groups is 1. The van der Waals surface area contributed by atoms with Crippen molar-refractivity contribution in [2.45, 2.75) is 18.1 Å². The number of nitrogens with zero attached hydrogens (tertiary/aromatic N) is 1. The number of carboxylic acid groups (broad SMARTS) is 1. The van der Waals surface area contributed by atoms with E-state index >= 15 is 0 Å².